The molecule has 0 radical (unpaired) electrons. The highest BCUT2D eigenvalue weighted by Crippen LogP contribution is 2.25. The lowest BCUT2D eigenvalue weighted by molar-refractivity contribution is 0.603. The number of hydrogen-bond donors (Lipinski definition) is 0. The van der Waals surface area contributed by atoms with Crippen LogP contribution in [0.4, 0.5) is 5.69 Å². The second kappa shape index (κ2) is 5.40. The van der Waals surface area contributed by atoms with E-state index in [1.54, 1.807) is 0 Å². The summed E-state index contributed by atoms with van der Waals surface area (Å²) in [6.07, 6.45) is 6.03. The van der Waals surface area contributed by atoms with Crippen molar-refractivity contribution in [2.24, 2.45) is 4.99 Å². The normalized spacial score (nSPS) is 11.6. The van der Waals surface area contributed by atoms with Crippen molar-refractivity contribution in [2.75, 3.05) is 0 Å². The molecule has 0 amide bonds. The lowest BCUT2D eigenvalue weighted by Crippen LogP contribution is -1.95. The lowest BCUT2D eigenvalue weighted by Gasteiger charge is -2.04. The Morgan fingerprint density at radius 3 is 2.72 bits per heavy atom. The summed E-state index contributed by atoms with van der Waals surface area (Å²) in [6.45, 7) is 6.29. The molecule has 0 bridgehead atoms. The Balaban J connectivity index is 2.22. The number of benzene rings is 1. The van der Waals surface area contributed by atoms with Crippen LogP contribution in [0.5, 0.6) is 0 Å². The summed E-state index contributed by atoms with van der Waals surface area (Å²) >= 11 is 6.06. The maximum absolute atomic E-state index is 6.06. The number of aliphatic imine (C=N–C) groups is 1. The van der Waals surface area contributed by atoms with Crippen LogP contribution in [-0.2, 0) is 0 Å². The Hall–Kier alpha value is -1.54. The smallest absolute Gasteiger partial charge is 0.0673 e. The van der Waals surface area contributed by atoms with E-state index < -0.39 is 0 Å². The summed E-state index contributed by atoms with van der Waals surface area (Å²) in [4.78, 5) is 4.49. The van der Waals surface area contributed by atoms with Gasteiger partial charge in [-0.05, 0) is 44.5 Å². The van der Waals surface area contributed by atoms with Gasteiger partial charge in [0.15, 0.2) is 0 Å². The van der Waals surface area contributed by atoms with Gasteiger partial charge in [0, 0.05) is 35.2 Å². The zero-order chi connectivity index (χ0) is 13.1. The van der Waals surface area contributed by atoms with Gasteiger partial charge in [-0.3, -0.25) is 4.99 Å². The van der Waals surface area contributed by atoms with E-state index in [2.05, 4.69) is 41.9 Å². The van der Waals surface area contributed by atoms with Crippen molar-refractivity contribution < 1.29 is 0 Å². The van der Waals surface area contributed by atoms with Gasteiger partial charge in [0.2, 0.25) is 0 Å². The van der Waals surface area contributed by atoms with E-state index in [1.165, 1.54) is 0 Å². The summed E-state index contributed by atoms with van der Waals surface area (Å²) in [7, 11) is 0. The van der Waals surface area contributed by atoms with Gasteiger partial charge in [-0.15, -0.1) is 0 Å². The first-order chi connectivity index (χ1) is 8.58. The number of nitrogens with zero attached hydrogens (tertiary/aromatic N) is 2. The minimum Gasteiger partial charge on any atom is -0.351 e. The van der Waals surface area contributed by atoms with Crippen LogP contribution in [0.25, 0.3) is 0 Å². The first kappa shape index (κ1) is 12.9. The number of hydrogen-bond acceptors (Lipinski definition) is 1. The van der Waals surface area contributed by atoms with E-state index in [4.69, 9.17) is 11.6 Å². The molecule has 0 aliphatic rings. The third-order valence-corrected chi connectivity index (χ3v) is 3.33. The summed E-state index contributed by atoms with van der Waals surface area (Å²) in [6, 6.07) is 8.30. The standard InChI is InChI=1S/C15H17ClN2/c1-11(2)18-8-7-13(10-18)9-17-15-6-4-5-14(16)12(15)3/h4-11H,1-3H3. The molecule has 2 nitrogen and oxygen atoms in total. The molecular weight excluding hydrogens is 244 g/mol. The van der Waals surface area contributed by atoms with Gasteiger partial charge in [-0.2, -0.15) is 0 Å². The molecule has 0 spiro atoms. The van der Waals surface area contributed by atoms with Crippen LogP contribution in [0.2, 0.25) is 5.02 Å². The number of halogens is 1. The quantitative estimate of drug-likeness (QED) is 0.707. The molecule has 1 heterocycles. The predicted octanol–water partition coefficient (Wildman–Crippen LogP) is 4.78. The maximum Gasteiger partial charge on any atom is 0.0673 e. The van der Waals surface area contributed by atoms with Gasteiger partial charge in [-0.25, -0.2) is 0 Å². The van der Waals surface area contributed by atoms with Crippen molar-refractivity contribution in [3.8, 4) is 0 Å². The third kappa shape index (κ3) is 2.82. The van der Waals surface area contributed by atoms with E-state index in [0.717, 1.165) is 21.8 Å². The minimum absolute atomic E-state index is 0.472. The van der Waals surface area contributed by atoms with Gasteiger partial charge in [0.25, 0.3) is 0 Å². The molecule has 1 aromatic heterocycles. The average Bonchev–Trinajstić information content (AvgIpc) is 2.80. The van der Waals surface area contributed by atoms with E-state index >= 15 is 0 Å². The predicted molar refractivity (Wildman–Crippen MR) is 78.3 cm³/mol. The van der Waals surface area contributed by atoms with Crippen LogP contribution in [0, 0.1) is 6.92 Å². The summed E-state index contributed by atoms with van der Waals surface area (Å²) in [5.41, 5.74) is 3.03. The number of aromatic nitrogens is 1. The molecule has 1 aromatic carbocycles. The fourth-order valence-corrected chi connectivity index (χ4v) is 1.88. The largest absolute Gasteiger partial charge is 0.351 e. The van der Waals surface area contributed by atoms with Crippen molar-refractivity contribution >= 4 is 23.5 Å². The lowest BCUT2D eigenvalue weighted by atomic mass is 10.2. The Kier molecular flexibility index (Phi) is 3.87. The molecule has 0 N–H and O–H groups in total. The van der Waals surface area contributed by atoms with Crippen LogP contribution >= 0.6 is 11.6 Å². The number of rotatable bonds is 3. The molecule has 0 unspecified atom stereocenters. The van der Waals surface area contributed by atoms with E-state index in [9.17, 15) is 0 Å². The van der Waals surface area contributed by atoms with Crippen LogP contribution in [0.3, 0.4) is 0 Å². The molecule has 94 valence electrons. The van der Waals surface area contributed by atoms with E-state index in [1.807, 2.05) is 31.3 Å². The molecule has 0 saturated heterocycles. The van der Waals surface area contributed by atoms with Crippen molar-refractivity contribution in [2.45, 2.75) is 26.8 Å². The van der Waals surface area contributed by atoms with Crippen molar-refractivity contribution in [1.82, 2.24) is 4.57 Å². The third-order valence-electron chi connectivity index (χ3n) is 2.93. The summed E-state index contributed by atoms with van der Waals surface area (Å²) in [5.74, 6) is 0. The van der Waals surface area contributed by atoms with Crippen LogP contribution < -0.4 is 0 Å². The zero-order valence-corrected chi connectivity index (χ0v) is 11.6. The topological polar surface area (TPSA) is 17.3 Å². The van der Waals surface area contributed by atoms with Crippen molar-refractivity contribution in [1.29, 1.82) is 0 Å². The molecule has 0 aliphatic carbocycles. The van der Waals surface area contributed by atoms with E-state index in [0.29, 0.717) is 6.04 Å². The Morgan fingerprint density at radius 2 is 2.06 bits per heavy atom. The van der Waals surface area contributed by atoms with Gasteiger partial charge < -0.3 is 4.57 Å². The highest BCUT2D eigenvalue weighted by Gasteiger charge is 2.00. The highest BCUT2D eigenvalue weighted by atomic mass is 35.5. The second-order valence-electron chi connectivity index (χ2n) is 4.63. The molecule has 0 saturated carbocycles. The average molecular weight is 261 g/mol. The van der Waals surface area contributed by atoms with Crippen molar-refractivity contribution in [3.63, 3.8) is 0 Å². The first-order valence-electron chi connectivity index (χ1n) is 6.04. The molecule has 18 heavy (non-hydrogen) atoms. The summed E-state index contributed by atoms with van der Waals surface area (Å²) in [5, 5.41) is 0.754. The molecule has 2 rings (SSSR count). The van der Waals surface area contributed by atoms with Crippen LogP contribution in [0.1, 0.15) is 31.0 Å². The zero-order valence-electron chi connectivity index (χ0n) is 10.9. The molecule has 0 aliphatic heterocycles. The first-order valence-corrected chi connectivity index (χ1v) is 6.42. The summed E-state index contributed by atoms with van der Waals surface area (Å²) < 4.78 is 2.16. The molecular formula is C15H17ClN2. The Labute approximate surface area is 113 Å². The SMILES string of the molecule is Cc1c(Cl)cccc1N=Cc1ccn(C(C)C)c1. The van der Waals surface area contributed by atoms with Crippen LogP contribution in [0.15, 0.2) is 41.7 Å². The highest BCUT2D eigenvalue weighted by molar-refractivity contribution is 6.31. The Bertz CT molecular complexity index is 568. The van der Waals surface area contributed by atoms with Crippen molar-refractivity contribution in [3.05, 3.63) is 52.8 Å². The van der Waals surface area contributed by atoms with Gasteiger partial charge in [-0.1, -0.05) is 17.7 Å². The molecule has 3 heteroatoms. The van der Waals surface area contributed by atoms with Gasteiger partial charge in [0.1, 0.15) is 0 Å². The fraction of sp³-hybridized carbons (Fsp3) is 0.267. The van der Waals surface area contributed by atoms with Gasteiger partial charge in [0.05, 0.1) is 5.69 Å². The molecule has 0 fully saturated rings. The maximum atomic E-state index is 6.06. The minimum atomic E-state index is 0.472. The molecule has 0 atom stereocenters. The fourth-order valence-electron chi connectivity index (χ4n) is 1.71. The second-order valence-corrected chi connectivity index (χ2v) is 5.04. The van der Waals surface area contributed by atoms with Gasteiger partial charge >= 0.3 is 0 Å². The Morgan fingerprint density at radius 1 is 1.28 bits per heavy atom. The monoisotopic (exact) mass is 260 g/mol. The van der Waals surface area contributed by atoms with E-state index in [-0.39, 0.29) is 0 Å². The molecule has 2 aromatic rings. The van der Waals surface area contributed by atoms with Crippen LogP contribution in [-0.4, -0.2) is 10.8 Å².